The largest absolute Gasteiger partial charge is 0.241 e. The number of halogens is 1. The number of nitrogens with zero attached hydrogens (tertiary/aromatic N) is 2. The van der Waals surface area contributed by atoms with Crippen molar-refractivity contribution in [2.45, 2.75) is 57.7 Å². The van der Waals surface area contributed by atoms with Crippen LogP contribution in [0.1, 0.15) is 50.1 Å². The van der Waals surface area contributed by atoms with Gasteiger partial charge in [0.05, 0.1) is 0 Å². The summed E-state index contributed by atoms with van der Waals surface area (Å²) >= 11 is 6.37. The Morgan fingerprint density at radius 3 is 2.71 bits per heavy atom. The van der Waals surface area contributed by atoms with Gasteiger partial charge in [-0.2, -0.15) is 0 Å². The number of hydrogen-bond acceptors (Lipinski definition) is 2. The molecule has 0 bridgehead atoms. The van der Waals surface area contributed by atoms with Gasteiger partial charge < -0.3 is 0 Å². The van der Waals surface area contributed by atoms with Crippen LogP contribution in [0.4, 0.5) is 0 Å². The maximum absolute atomic E-state index is 6.37. The molecule has 2 nitrogen and oxygen atoms in total. The molecule has 1 heterocycles. The fraction of sp³-hybridized carbons (Fsp3) is 0.714. The number of aryl methyl sites for hydroxylation is 1. The Hall–Kier alpha value is -0.630. The van der Waals surface area contributed by atoms with Crippen LogP contribution in [0.3, 0.4) is 0 Å². The highest BCUT2D eigenvalue weighted by Crippen LogP contribution is 2.24. The topological polar surface area (TPSA) is 25.8 Å². The molecular formula is C14H21ClN2. The lowest BCUT2D eigenvalue weighted by atomic mass is 9.99. The molecule has 0 amide bonds. The van der Waals surface area contributed by atoms with Crippen LogP contribution in [0.15, 0.2) is 6.33 Å². The van der Waals surface area contributed by atoms with E-state index in [4.69, 9.17) is 11.6 Å². The Morgan fingerprint density at radius 1 is 1.18 bits per heavy atom. The van der Waals surface area contributed by atoms with Gasteiger partial charge in [0.25, 0.3) is 0 Å². The van der Waals surface area contributed by atoms with Crippen molar-refractivity contribution in [3.8, 4) is 0 Å². The molecule has 0 spiro atoms. The van der Waals surface area contributed by atoms with Gasteiger partial charge in [0, 0.05) is 23.2 Å². The van der Waals surface area contributed by atoms with Gasteiger partial charge in [-0.1, -0.05) is 20.3 Å². The summed E-state index contributed by atoms with van der Waals surface area (Å²) in [5.74, 6) is 0.494. The molecule has 1 aliphatic carbocycles. The third-order valence-electron chi connectivity index (χ3n) is 3.58. The van der Waals surface area contributed by atoms with Gasteiger partial charge in [-0.05, 0) is 37.2 Å². The number of hydrogen-bond donors (Lipinski definition) is 0. The van der Waals surface area contributed by atoms with Crippen LogP contribution in [0.5, 0.6) is 0 Å². The zero-order chi connectivity index (χ0) is 12.3. The first-order chi connectivity index (χ1) is 8.18. The minimum absolute atomic E-state index is 0.178. The minimum atomic E-state index is 0.178. The molecule has 0 aliphatic heterocycles. The molecule has 1 atom stereocenters. The summed E-state index contributed by atoms with van der Waals surface area (Å²) in [5, 5.41) is 0.178. The van der Waals surface area contributed by atoms with Crippen LogP contribution in [0, 0.1) is 5.92 Å². The van der Waals surface area contributed by atoms with E-state index in [2.05, 4.69) is 23.8 Å². The standard InChI is InChI=1S/C14H21ClN2/c1-10(2)12(15)8-14-11-6-4-3-5-7-13(11)16-9-17-14/h9-10,12H,3-8H2,1-2H3. The van der Waals surface area contributed by atoms with Gasteiger partial charge in [0.15, 0.2) is 0 Å². The van der Waals surface area contributed by atoms with E-state index >= 15 is 0 Å². The van der Waals surface area contributed by atoms with Crippen molar-refractivity contribution >= 4 is 11.6 Å². The zero-order valence-electron chi connectivity index (χ0n) is 10.7. The Bertz CT molecular complexity index is 376. The number of fused-ring (bicyclic) bond motifs is 1. The van der Waals surface area contributed by atoms with E-state index in [-0.39, 0.29) is 5.38 Å². The Kier molecular flexibility index (Phi) is 4.38. The van der Waals surface area contributed by atoms with Crippen LogP contribution < -0.4 is 0 Å². The van der Waals surface area contributed by atoms with E-state index < -0.39 is 0 Å². The number of alkyl halides is 1. The molecule has 94 valence electrons. The SMILES string of the molecule is CC(C)C(Cl)Cc1ncnc2c1CCCCC2. The first-order valence-electron chi connectivity index (χ1n) is 6.64. The fourth-order valence-corrected chi connectivity index (χ4v) is 2.51. The summed E-state index contributed by atoms with van der Waals surface area (Å²) in [4.78, 5) is 8.90. The first-order valence-corrected chi connectivity index (χ1v) is 7.08. The number of rotatable bonds is 3. The first kappa shape index (κ1) is 12.8. The average molecular weight is 253 g/mol. The van der Waals surface area contributed by atoms with E-state index in [1.165, 1.54) is 36.2 Å². The maximum Gasteiger partial charge on any atom is 0.115 e. The Labute approximate surface area is 109 Å². The summed E-state index contributed by atoms with van der Waals surface area (Å²) < 4.78 is 0. The van der Waals surface area contributed by atoms with Crippen molar-refractivity contribution in [3.05, 3.63) is 23.3 Å². The highest BCUT2D eigenvalue weighted by molar-refractivity contribution is 6.20. The smallest absolute Gasteiger partial charge is 0.115 e. The van der Waals surface area contributed by atoms with Crippen molar-refractivity contribution in [1.29, 1.82) is 0 Å². The van der Waals surface area contributed by atoms with Gasteiger partial charge >= 0.3 is 0 Å². The summed E-state index contributed by atoms with van der Waals surface area (Å²) in [6.07, 6.45) is 8.67. The minimum Gasteiger partial charge on any atom is -0.241 e. The summed E-state index contributed by atoms with van der Waals surface area (Å²) in [6.45, 7) is 4.33. The third-order valence-corrected chi connectivity index (χ3v) is 4.23. The van der Waals surface area contributed by atoms with E-state index in [1.807, 2.05) is 0 Å². The third kappa shape index (κ3) is 3.19. The predicted octanol–water partition coefficient (Wildman–Crippen LogP) is 3.55. The second-order valence-corrected chi connectivity index (χ2v) is 5.83. The van der Waals surface area contributed by atoms with E-state index in [1.54, 1.807) is 6.33 Å². The Morgan fingerprint density at radius 2 is 1.94 bits per heavy atom. The van der Waals surface area contributed by atoms with Crippen LogP contribution in [0.2, 0.25) is 0 Å². The molecule has 17 heavy (non-hydrogen) atoms. The molecule has 1 aromatic rings. The van der Waals surface area contributed by atoms with Gasteiger partial charge in [-0.15, -0.1) is 11.6 Å². The van der Waals surface area contributed by atoms with Crippen molar-refractivity contribution < 1.29 is 0 Å². The molecule has 0 fully saturated rings. The lowest BCUT2D eigenvalue weighted by Crippen LogP contribution is -2.15. The van der Waals surface area contributed by atoms with Crippen LogP contribution in [-0.2, 0) is 19.3 Å². The van der Waals surface area contributed by atoms with Crippen LogP contribution in [0.25, 0.3) is 0 Å². The Balaban J connectivity index is 2.22. The molecule has 0 aromatic carbocycles. The van der Waals surface area contributed by atoms with Gasteiger partial charge in [-0.25, -0.2) is 9.97 Å². The zero-order valence-corrected chi connectivity index (χ0v) is 11.5. The molecule has 1 unspecified atom stereocenters. The van der Waals surface area contributed by atoms with Crippen LogP contribution in [-0.4, -0.2) is 15.3 Å². The molecule has 2 rings (SSSR count). The maximum atomic E-state index is 6.37. The molecule has 0 saturated carbocycles. The molecule has 1 aliphatic rings. The van der Waals surface area contributed by atoms with Gasteiger partial charge in [0.1, 0.15) is 6.33 Å². The average Bonchev–Trinajstić information content (AvgIpc) is 2.54. The normalized spacial score (nSPS) is 17.6. The van der Waals surface area contributed by atoms with Gasteiger partial charge in [-0.3, -0.25) is 0 Å². The van der Waals surface area contributed by atoms with Crippen molar-refractivity contribution in [2.24, 2.45) is 5.92 Å². The summed E-state index contributed by atoms with van der Waals surface area (Å²) in [5.41, 5.74) is 3.84. The van der Waals surface area contributed by atoms with Crippen molar-refractivity contribution in [3.63, 3.8) is 0 Å². The van der Waals surface area contributed by atoms with E-state index in [0.29, 0.717) is 5.92 Å². The fourth-order valence-electron chi connectivity index (χ4n) is 2.36. The van der Waals surface area contributed by atoms with Gasteiger partial charge in [0.2, 0.25) is 0 Å². The van der Waals surface area contributed by atoms with Crippen LogP contribution >= 0.6 is 11.6 Å². The monoisotopic (exact) mass is 252 g/mol. The van der Waals surface area contributed by atoms with Crippen molar-refractivity contribution in [2.75, 3.05) is 0 Å². The second-order valence-electron chi connectivity index (χ2n) is 5.27. The second kappa shape index (κ2) is 5.81. The molecular weight excluding hydrogens is 232 g/mol. The predicted molar refractivity (Wildman–Crippen MR) is 71.5 cm³/mol. The highest BCUT2D eigenvalue weighted by Gasteiger charge is 2.18. The molecule has 0 N–H and O–H groups in total. The summed E-state index contributed by atoms with van der Waals surface area (Å²) in [7, 11) is 0. The lowest BCUT2D eigenvalue weighted by Gasteiger charge is -2.16. The molecule has 0 radical (unpaired) electrons. The molecule has 3 heteroatoms. The quantitative estimate of drug-likeness (QED) is 0.607. The lowest BCUT2D eigenvalue weighted by molar-refractivity contribution is 0.586. The molecule has 0 saturated heterocycles. The summed E-state index contributed by atoms with van der Waals surface area (Å²) in [6, 6.07) is 0. The van der Waals surface area contributed by atoms with E-state index in [9.17, 15) is 0 Å². The number of aromatic nitrogens is 2. The van der Waals surface area contributed by atoms with Crippen molar-refractivity contribution in [1.82, 2.24) is 9.97 Å². The highest BCUT2D eigenvalue weighted by atomic mass is 35.5. The van der Waals surface area contributed by atoms with E-state index in [0.717, 1.165) is 19.3 Å². The molecule has 1 aromatic heterocycles.